The van der Waals surface area contributed by atoms with Gasteiger partial charge in [0.2, 0.25) is 5.91 Å². The van der Waals surface area contributed by atoms with Gasteiger partial charge in [-0.15, -0.1) is 0 Å². The molecule has 0 saturated heterocycles. The highest BCUT2D eigenvalue weighted by molar-refractivity contribution is 5.76. The normalized spacial score (nSPS) is 10.4. The molecule has 0 aliphatic heterocycles. The maximum absolute atomic E-state index is 10.8. The Bertz CT molecular complexity index is 164. The minimum absolute atomic E-state index is 0.105. The predicted molar refractivity (Wildman–Crippen MR) is 61.4 cm³/mol. The number of carbonyl (C=O) groups is 1. The predicted octanol–water partition coefficient (Wildman–Crippen LogP) is 0.582. The molecule has 0 rings (SSSR count). The number of hydrogen-bond acceptors (Lipinski definition) is 4. The lowest BCUT2D eigenvalue weighted by Crippen LogP contribution is -2.24. The van der Waals surface area contributed by atoms with E-state index in [2.05, 4.69) is 5.32 Å². The molecule has 0 aromatic rings. The summed E-state index contributed by atoms with van der Waals surface area (Å²) >= 11 is 0. The molecule has 0 atom stereocenters. The second-order valence-electron chi connectivity index (χ2n) is 3.39. The fourth-order valence-electron chi connectivity index (χ4n) is 1.08. The van der Waals surface area contributed by atoms with Crippen LogP contribution in [0.25, 0.3) is 0 Å². The molecule has 0 saturated carbocycles. The van der Waals surface area contributed by atoms with Gasteiger partial charge < -0.3 is 19.5 Å². The first-order valence-corrected chi connectivity index (χ1v) is 5.66. The molecule has 0 bridgehead atoms. The fourth-order valence-corrected chi connectivity index (χ4v) is 1.08. The quantitative estimate of drug-likeness (QED) is 0.530. The Morgan fingerprint density at radius 1 is 1.00 bits per heavy atom. The fraction of sp³-hybridized carbons (Fsp3) is 0.909. The molecular formula is C11H23NO4. The summed E-state index contributed by atoms with van der Waals surface area (Å²) in [5.74, 6) is -0.112. The zero-order valence-corrected chi connectivity index (χ0v) is 10.3. The zero-order chi connectivity index (χ0) is 12.1. The van der Waals surface area contributed by atoms with Crippen LogP contribution in [0.2, 0.25) is 0 Å². The van der Waals surface area contributed by atoms with Gasteiger partial charge in [0.05, 0.1) is 13.2 Å². The molecule has 0 unspecified atom stereocenters. The topological polar surface area (TPSA) is 56.8 Å². The molecule has 0 aliphatic rings. The van der Waals surface area contributed by atoms with Crippen LogP contribution in [0.15, 0.2) is 0 Å². The van der Waals surface area contributed by atoms with Crippen molar-refractivity contribution in [3.63, 3.8) is 0 Å². The Hall–Kier alpha value is -0.650. The van der Waals surface area contributed by atoms with Gasteiger partial charge in [-0.25, -0.2) is 0 Å². The van der Waals surface area contributed by atoms with Gasteiger partial charge in [-0.05, 0) is 19.3 Å². The Morgan fingerprint density at radius 2 is 1.69 bits per heavy atom. The number of nitrogens with one attached hydrogen (secondary N) is 1. The molecule has 0 spiro atoms. The lowest BCUT2D eigenvalue weighted by atomic mass is 10.2. The summed E-state index contributed by atoms with van der Waals surface area (Å²) < 4.78 is 15.3. The SMILES string of the molecule is CNC(=O)COCCOCCCCCOC. The largest absolute Gasteiger partial charge is 0.385 e. The first-order valence-electron chi connectivity index (χ1n) is 5.66. The summed E-state index contributed by atoms with van der Waals surface area (Å²) in [6, 6.07) is 0. The van der Waals surface area contributed by atoms with Gasteiger partial charge in [-0.1, -0.05) is 0 Å². The number of methoxy groups -OCH3 is 1. The monoisotopic (exact) mass is 233 g/mol. The van der Waals surface area contributed by atoms with E-state index in [1.807, 2.05) is 0 Å². The second-order valence-corrected chi connectivity index (χ2v) is 3.39. The first-order chi connectivity index (χ1) is 7.81. The van der Waals surface area contributed by atoms with Crippen molar-refractivity contribution in [3.8, 4) is 0 Å². The van der Waals surface area contributed by atoms with Gasteiger partial charge in [0, 0.05) is 27.4 Å². The van der Waals surface area contributed by atoms with Crippen molar-refractivity contribution in [2.24, 2.45) is 0 Å². The lowest BCUT2D eigenvalue weighted by molar-refractivity contribution is -0.125. The third kappa shape index (κ3) is 11.4. The third-order valence-corrected chi connectivity index (χ3v) is 2.02. The highest BCUT2D eigenvalue weighted by Crippen LogP contribution is 1.95. The summed E-state index contributed by atoms with van der Waals surface area (Å²) in [7, 11) is 3.29. The molecule has 0 fully saturated rings. The highest BCUT2D eigenvalue weighted by Gasteiger charge is 1.96. The van der Waals surface area contributed by atoms with E-state index in [4.69, 9.17) is 14.2 Å². The molecule has 0 aliphatic carbocycles. The average molecular weight is 233 g/mol. The average Bonchev–Trinajstić information content (AvgIpc) is 2.31. The number of likely N-dealkylation sites (N-methyl/N-ethyl adjacent to an activating group) is 1. The van der Waals surface area contributed by atoms with E-state index in [1.54, 1.807) is 14.2 Å². The van der Waals surface area contributed by atoms with Crippen molar-refractivity contribution >= 4 is 5.91 Å². The van der Waals surface area contributed by atoms with Crippen molar-refractivity contribution < 1.29 is 19.0 Å². The van der Waals surface area contributed by atoms with Gasteiger partial charge >= 0.3 is 0 Å². The van der Waals surface area contributed by atoms with Crippen molar-refractivity contribution in [2.45, 2.75) is 19.3 Å². The number of rotatable bonds is 11. The van der Waals surface area contributed by atoms with Crippen LogP contribution in [0.1, 0.15) is 19.3 Å². The molecule has 0 radical (unpaired) electrons. The van der Waals surface area contributed by atoms with E-state index < -0.39 is 0 Å². The Morgan fingerprint density at radius 3 is 2.38 bits per heavy atom. The molecule has 5 heteroatoms. The Balaban J connectivity index is 2.96. The van der Waals surface area contributed by atoms with Crippen molar-refractivity contribution in [2.75, 3.05) is 47.2 Å². The number of carbonyl (C=O) groups excluding carboxylic acids is 1. The van der Waals surface area contributed by atoms with E-state index in [0.717, 1.165) is 32.5 Å². The molecule has 1 amide bonds. The summed E-state index contributed by atoms with van der Waals surface area (Å²) in [5.41, 5.74) is 0. The molecule has 0 aromatic heterocycles. The first kappa shape index (κ1) is 15.3. The molecule has 5 nitrogen and oxygen atoms in total. The summed E-state index contributed by atoms with van der Waals surface area (Å²) in [6.07, 6.45) is 3.23. The number of amides is 1. The Kier molecular flexibility index (Phi) is 11.9. The number of ether oxygens (including phenoxy) is 3. The van der Waals surface area contributed by atoms with Gasteiger partial charge in [0.1, 0.15) is 6.61 Å². The minimum atomic E-state index is -0.112. The van der Waals surface area contributed by atoms with E-state index in [9.17, 15) is 4.79 Å². The van der Waals surface area contributed by atoms with Crippen LogP contribution in [0.5, 0.6) is 0 Å². The standard InChI is InChI=1S/C11H23NO4/c1-12-11(13)10-16-9-8-15-7-5-3-4-6-14-2/h3-10H2,1-2H3,(H,12,13). The lowest BCUT2D eigenvalue weighted by Gasteiger charge is -2.05. The van der Waals surface area contributed by atoms with Crippen LogP contribution < -0.4 is 5.32 Å². The molecule has 0 aromatic carbocycles. The van der Waals surface area contributed by atoms with Crippen LogP contribution in [0.4, 0.5) is 0 Å². The van der Waals surface area contributed by atoms with Gasteiger partial charge in [0.15, 0.2) is 0 Å². The highest BCUT2D eigenvalue weighted by atomic mass is 16.5. The van der Waals surface area contributed by atoms with Gasteiger partial charge in [-0.3, -0.25) is 4.79 Å². The zero-order valence-electron chi connectivity index (χ0n) is 10.3. The van der Waals surface area contributed by atoms with Crippen molar-refractivity contribution in [3.05, 3.63) is 0 Å². The molecular weight excluding hydrogens is 210 g/mol. The maximum atomic E-state index is 10.8. The summed E-state index contributed by atoms with van der Waals surface area (Å²) in [4.78, 5) is 10.8. The van der Waals surface area contributed by atoms with E-state index in [0.29, 0.717) is 13.2 Å². The van der Waals surface area contributed by atoms with E-state index in [1.165, 1.54) is 0 Å². The molecule has 1 N–H and O–H groups in total. The Labute approximate surface area is 97.4 Å². The van der Waals surface area contributed by atoms with E-state index >= 15 is 0 Å². The molecule has 0 heterocycles. The molecule has 16 heavy (non-hydrogen) atoms. The van der Waals surface area contributed by atoms with Crippen LogP contribution in [0.3, 0.4) is 0 Å². The van der Waals surface area contributed by atoms with Crippen LogP contribution in [-0.2, 0) is 19.0 Å². The van der Waals surface area contributed by atoms with Crippen LogP contribution in [0, 0.1) is 0 Å². The summed E-state index contributed by atoms with van der Waals surface area (Å²) in [6.45, 7) is 2.67. The number of hydrogen-bond donors (Lipinski definition) is 1. The van der Waals surface area contributed by atoms with Crippen LogP contribution in [-0.4, -0.2) is 53.1 Å². The van der Waals surface area contributed by atoms with Crippen molar-refractivity contribution in [1.82, 2.24) is 5.32 Å². The van der Waals surface area contributed by atoms with Gasteiger partial charge in [0.25, 0.3) is 0 Å². The van der Waals surface area contributed by atoms with Crippen LogP contribution >= 0.6 is 0 Å². The van der Waals surface area contributed by atoms with Gasteiger partial charge in [-0.2, -0.15) is 0 Å². The second kappa shape index (κ2) is 12.4. The minimum Gasteiger partial charge on any atom is -0.385 e. The third-order valence-electron chi connectivity index (χ3n) is 2.02. The summed E-state index contributed by atoms with van der Waals surface area (Å²) in [5, 5.41) is 2.48. The van der Waals surface area contributed by atoms with E-state index in [-0.39, 0.29) is 12.5 Å². The maximum Gasteiger partial charge on any atom is 0.245 e. The molecule has 96 valence electrons. The van der Waals surface area contributed by atoms with Crippen molar-refractivity contribution in [1.29, 1.82) is 0 Å². The smallest absolute Gasteiger partial charge is 0.245 e. The number of unbranched alkanes of at least 4 members (excludes halogenated alkanes) is 2.